The van der Waals surface area contributed by atoms with Crippen LogP contribution in [0.4, 0.5) is 0 Å². The average molecular weight is 350 g/mol. The Labute approximate surface area is 149 Å². The summed E-state index contributed by atoms with van der Waals surface area (Å²) in [5.74, 6) is 0.962. The second-order valence-electron chi connectivity index (χ2n) is 6.21. The molecule has 0 amide bonds. The van der Waals surface area contributed by atoms with Gasteiger partial charge in [-0.15, -0.1) is 12.4 Å². The van der Waals surface area contributed by atoms with Crippen LogP contribution in [-0.4, -0.2) is 48.2 Å². The van der Waals surface area contributed by atoms with Crippen molar-refractivity contribution in [2.75, 3.05) is 27.7 Å². The number of ether oxygens (including phenoxy) is 1. The third kappa shape index (κ3) is 3.62. The van der Waals surface area contributed by atoms with E-state index in [1.807, 2.05) is 47.9 Å². The molecule has 0 saturated carbocycles. The number of carbonyl (C=O) groups is 1. The average Bonchev–Trinajstić information content (AvgIpc) is 3.15. The van der Waals surface area contributed by atoms with E-state index in [1.165, 1.54) is 5.69 Å². The van der Waals surface area contributed by atoms with Gasteiger partial charge in [-0.2, -0.15) is 5.10 Å². The molecule has 6 heteroatoms. The van der Waals surface area contributed by atoms with Gasteiger partial charge in [-0.05, 0) is 57.6 Å². The molecule has 3 rings (SSSR count). The number of hydrogen-bond donors (Lipinski definition) is 0. The third-order valence-corrected chi connectivity index (χ3v) is 4.30. The number of halogens is 1. The Morgan fingerprint density at radius 2 is 1.96 bits per heavy atom. The lowest BCUT2D eigenvalue weighted by Gasteiger charge is -2.08. The summed E-state index contributed by atoms with van der Waals surface area (Å²) in [4.78, 5) is 14.6. The Kier molecular flexibility index (Phi) is 6.02. The molecule has 0 unspecified atom stereocenters. The van der Waals surface area contributed by atoms with Crippen molar-refractivity contribution in [1.29, 1.82) is 0 Å². The summed E-state index contributed by atoms with van der Waals surface area (Å²) in [6.07, 6.45) is 3.54. The lowest BCUT2D eigenvalue weighted by atomic mass is 10.1. The molecule has 0 atom stereocenters. The van der Waals surface area contributed by atoms with Crippen molar-refractivity contribution in [2.45, 2.75) is 25.7 Å². The van der Waals surface area contributed by atoms with Crippen molar-refractivity contribution in [3.8, 4) is 11.4 Å². The van der Waals surface area contributed by atoms with E-state index in [0.717, 1.165) is 42.8 Å². The molecule has 0 N–H and O–H groups in total. The Morgan fingerprint density at radius 3 is 2.58 bits per heavy atom. The van der Waals surface area contributed by atoms with E-state index in [0.29, 0.717) is 12.1 Å². The molecule has 1 aliphatic carbocycles. The molecular formula is C18H24ClN3O2. The zero-order chi connectivity index (χ0) is 16.4. The van der Waals surface area contributed by atoms with Crippen LogP contribution in [0.3, 0.4) is 0 Å². The second kappa shape index (κ2) is 7.81. The SMILES string of the molecule is COc1ccc(-n2nc(C(=O)CCN(C)C)c3c2CCC3)cc1.Cl. The van der Waals surface area contributed by atoms with Crippen LogP contribution in [0.1, 0.15) is 34.6 Å². The predicted octanol–water partition coefficient (Wildman–Crippen LogP) is 2.93. The summed E-state index contributed by atoms with van der Waals surface area (Å²) in [6.45, 7) is 0.753. The van der Waals surface area contributed by atoms with Crippen molar-refractivity contribution in [3.63, 3.8) is 0 Å². The Morgan fingerprint density at radius 1 is 1.25 bits per heavy atom. The van der Waals surface area contributed by atoms with Crippen molar-refractivity contribution in [2.24, 2.45) is 0 Å². The van der Waals surface area contributed by atoms with Crippen molar-refractivity contribution < 1.29 is 9.53 Å². The number of rotatable bonds is 6. The van der Waals surface area contributed by atoms with E-state index in [1.54, 1.807) is 7.11 Å². The summed E-state index contributed by atoms with van der Waals surface area (Å²) in [5.41, 5.74) is 3.97. The van der Waals surface area contributed by atoms with Crippen LogP contribution >= 0.6 is 12.4 Å². The van der Waals surface area contributed by atoms with Gasteiger partial charge < -0.3 is 9.64 Å². The standard InChI is InChI=1S/C18H23N3O2.ClH/c1-20(2)12-11-17(22)18-15-5-4-6-16(15)21(19-18)13-7-9-14(23-3)10-8-13;/h7-10H,4-6,11-12H2,1-3H3;1H. The lowest BCUT2D eigenvalue weighted by molar-refractivity contribution is 0.0966. The lowest BCUT2D eigenvalue weighted by Crippen LogP contribution is -2.17. The number of nitrogens with zero attached hydrogens (tertiary/aromatic N) is 3. The quantitative estimate of drug-likeness (QED) is 0.752. The normalized spacial score (nSPS) is 12.8. The molecule has 1 aromatic carbocycles. The third-order valence-electron chi connectivity index (χ3n) is 4.30. The number of fused-ring (bicyclic) bond motifs is 1. The predicted molar refractivity (Wildman–Crippen MR) is 96.9 cm³/mol. The van der Waals surface area contributed by atoms with Gasteiger partial charge in [-0.1, -0.05) is 0 Å². The first kappa shape index (κ1) is 18.5. The van der Waals surface area contributed by atoms with E-state index in [4.69, 9.17) is 4.74 Å². The van der Waals surface area contributed by atoms with Crippen LogP contribution in [0.5, 0.6) is 5.75 Å². The topological polar surface area (TPSA) is 47.4 Å². The molecule has 0 saturated heterocycles. The monoisotopic (exact) mass is 349 g/mol. The number of aromatic nitrogens is 2. The smallest absolute Gasteiger partial charge is 0.184 e. The van der Waals surface area contributed by atoms with Gasteiger partial charge in [0.1, 0.15) is 11.4 Å². The minimum Gasteiger partial charge on any atom is -0.497 e. The van der Waals surface area contributed by atoms with E-state index >= 15 is 0 Å². The van der Waals surface area contributed by atoms with Gasteiger partial charge in [0.15, 0.2) is 5.78 Å². The molecule has 1 aromatic heterocycles. The fourth-order valence-electron chi connectivity index (χ4n) is 3.04. The largest absolute Gasteiger partial charge is 0.497 e. The minimum absolute atomic E-state index is 0. The Bertz CT molecular complexity index is 708. The van der Waals surface area contributed by atoms with E-state index < -0.39 is 0 Å². The molecule has 0 radical (unpaired) electrons. The zero-order valence-corrected chi connectivity index (χ0v) is 15.2. The molecule has 0 spiro atoms. The molecule has 5 nitrogen and oxygen atoms in total. The maximum Gasteiger partial charge on any atom is 0.184 e. The molecular weight excluding hydrogens is 326 g/mol. The van der Waals surface area contributed by atoms with Crippen molar-refractivity contribution in [1.82, 2.24) is 14.7 Å². The second-order valence-corrected chi connectivity index (χ2v) is 6.21. The number of benzene rings is 1. The highest BCUT2D eigenvalue weighted by Gasteiger charge is 2.26. The number of ketones is 1. The Balaban J connectivity index is 0.00000208. The van der Waals surface area contributed by atoms with E-state index in [9.17, 15) is 4.79 Å². The van der Waals surface area contributed by atoms with Gasteiger partial charge in [-0.25, -0.2) is 4.68 Å². The van der Waals surface area contributed by atoms with Gasteiger partial charge in [0.2, 0.25) is 0 Å². The van der Waals surface area contributed by atoms with Crippen LogP contribution in [0.15, 0.2) is 24.3 Å². The molecule has 0 fully saturated rings. The first-order chi connectivity index (χ1) is 11.1. The molecule has 0 bridgehead atoms. The molecule has 1 heterocycles. The van der Waals surface area contributed by atoms with Crippen LogP contribution in [0.25, 0.3) is 5.69 Å². The van der Waals surface area contributed by atoms with Crippen molar-refractivity contribution in [3.05, 3.63) is 41.2 Å². The van der Waals surface area contributed by atoms with Gasteiger partial charge in [0.25, 0.3) is 0 Å². The maximum atomic E-state index is 12.5. The molecule has 24 heavy (non-hydrogen) atoms. The van der Waals surface area contributed by atoms with Crippen LogP contribution in [-0.2, 0) is 12.8 Å². The molecule has 0 aliphatic heterocycles. The van der Waals surface area contributed by atoms with E-state index in [2.05, 4.69) is 5.10 Å². The number of methoxy groups -OCH3 is 1. The zero-order valence-electron chi connectivity index (χ0n) is 14.4. The van der Waals surface area contributed by atoms with E-state index in [-0.39, 0.29) is 18.2 Å². The highest BCUT2D eigenvalue weighted by Crippen LogP contribution is 2.29. The molecule has 2 aromatic rings. The fraction of sp³-hybridized carbons (Fsp3) is 0.444. The first-order valence-corrected chi connectivity index (χ1v) is 8.03. The van der Waals surface area contributed by atoms with Gasteiger partial charge >= 0.3 is 0 Å². The van der Waals surface area contributed by atoms with Gasteiger partial charge in [-0.3, -0.25) is 4.79 Å². The van der Waals surface area contributed by atoms with Crippen LogP contribution in [0.2, 0.25) is 0 Å². The number of carbonyl (C=O) groups excluding carboxylic acids is 1. The molecule has 130 valence electrons. The fourth-order valence-corrected chi connectivity index (χ4v) is 3.04. The summed E-state index contributed by atoms with van der Waals surface area (Å²) >= 11 is 0. The highest BCUT2D eigenvalue weighted by atomic mass is 35.5. The number of hydrogen-bond acceptors (Lipinski definition) is 4. The van der Waals surface area contributed by atoms with Crippen molar-refractivity contribution >= 4 is 18.2 Å². The highest BCUT2D eigenvalue weighted by molar-refractivity contribution is 5.96. The Hall–Kier alpha value is -1.85. The molecule has 1 aliphatic rings. The van der Waals surface area contributed by atoms with Gasteiger partial charge in [0.05, 0.1) is 12.8 Å². The van der Waals surface area contributed by atoms with Crippen LogP contribution < -0.4 is 4.74 Å². The summed E-state index contributed by atoms with van der Waals surface area (Å²) in [7, 11) is 5.61. The first-order valence-electron chi connectivity index (χ1n) is 8.03. The summed E-state index contributed by atoms with van der Waals surface area (Å²) in [6, 6.07) is 7.81. The number of Topliss-reactive ketones (excluding diaryl/α,β-unsaturated/α-hetero) is 1. The summed E-state index contributed by atoms with van der Waals surface area (Å²) in [5, 5.41) is 4.64. The van der Waals surface area contributed by atoms with Gasteiger partial charge in [0, 0.05) is 24.2 Å². The maximum absolute atomic E-state index is 12.5. The summed E-state index contributed by atoms with van der Waals surface area (Å²) < 4.78 is 7.14. The van der Waals surface area contributed by atoms with Crippen LogP contribution in [0, 0.1) is 0 Å². The minimum atomic E-state index is 0.